The van der Waals surface area contributed by atoms with E-state index in [1.807, 2.05) is 0 Å². The van der Waals surface area contributed by atoms with Crippen molar-refractivity contribution < 1.29 is 34.8 Å². The standard InChI is InChI=1S/C9H16O7/c1-5(11)3-9(15,7(12)4-10)6(2)16-8(13)14/h4-7,11-12,15H,3H2,1-2H3,(H,13,14)/t5-,6?,7+,9+/m1/s1. The molecule has 0 saturated carbocycles. The maximum absolute atomic E-state index is 10.4. The molecule has 4 atom stereocenters. The number of ether oxygens (including phenoxy) is 1. The van der Waals surface area contributed by atoms with Gasteiger partial charge in [-0.25, -0.2) is 4.79 Å². The molecule has 0 saturated heterocycles. The van der Waals surface area contributed by atoms with Gasteiger partial charge in [0.25, 0.3) is 0 Å². The number of carboxylic acid groups (broad SMARTS) is 1. The molecule has 0 aromatic heterocycles. The molecule has 0 heterocycles. The highest BCUT2D eigenvalue weighted by Gasteiger charge is 2.44. The summed E-state index contributed by atoms with van der Waals surface area (Å²) in [5.41, 5.74) is -2.14. The summed E-state index contributed by atoms with van der Waals surface area (Å²) in [4.78, 5) is 20.7. The first-order valence-corrected chi connectivity index (χ1v) is 4.67. The molecule has 0 amide bonds. The van der Waals surface area contributed by atoms with Crippen molar-refractivity contribution in [2.45, 2.75) is 44.2 Å². The van der Waals surface area contributed by atoms with E-state index in [-0.39, 0.29) is 12.7 Å². The molecule has 7 heteroatoms. The quantitative estimate of drug-likeness (QED) is 0.349. The molecule has 0 aromatic carbocycles. The van der Waals surface area contributed by atoms with E-state index in [4.69, 9.17) is 10.2 Å². The van der Waals surface area contributed by atoms with Gasteiger partial charge in [0.15, 0.2) is 6.29 Å². The van der Waals surface area contributed by atoms with Crippen molar-refractivity contribution in [2.75, 3.05) is 0 Å². The second kappa shape index (κ2) is 5.78. The highest BCUT2D eigenvalue weighted by Crippen LogP contribution is 2.24. The van der Waals surface area contributed by atoms with E-state index in [0.29, 0.717) is 0 Å². The molecule has 0 radical (unpaired) electrons. The first-order valence-electron chi connectivity index (χ1n) is 4.67. The normalized spacial score (nSPS) is 20.3. The molecule has 0 aliphatic rings. The average Bonchev–Trinajstić information content (AvgIpc) is 2.14. The van der Waals surface area contributed by atoms with Crippen LogP contribution in [0.2, 0.25) is 0 Å². The van der Waals surface area contributed by atoms with Crippen molar-refractivity contribution in [3.05, 3.63) is 0 Å². The van der Waals surface area contributed by atoms with E-state index < -0.39 is 30.1 Å². The lowest BCUT2D eigenvalue weighted by Crippen LogP contribution is -2.54. The molecule has 1 unspecified atom stereocenters. The first kappa shape index (κ1) is 14.8. The van der Waals surface area contributed by atoms with Crippen molar-refractivity contribution in [1.29, 1.82) is 0 Å². The molecule has 0 fully saturated rings. The van der Waals surface area contributed by atoms with E-state index in [0.717, 1.165) is 0 Å². The molecule has 0 aliphatic carbocycles. The predicted molar refractivity (Wildman–Crippen MR) is 51.9 cm³/mol. The van der Waals surface area contributed by atoms with Crippen LogP contribution in [-0.4, -0.2) is 56.8 Å². The molecule has 0 aromatic rings. The largest absolute Gasteiger partial charge is 0.506 e. The highest BCUT2D eigenvalue weighted by molar-refractivity contribution is 5.60. The fraction of sp³-hybridized carbons (Fsp3) is 0.778. The Morgan fingerprint density at radius 1 is 1.44 bits per heavy atom. The summed E-state index contributed by atoms with van der Waals surface area (Å²) in [5, 5.41) is 36.7. The average molecular weight is 236 g/mol. The van der Waals surface area contributed by atoms with Crippen LogP contribution in [0.4, 0.5) is 4.79 Å². The van der Waals surface area contributed by atoms with Crippen molar-refractivity contribution in [1.82, 2.24) is 0 Å². The highest BCUT2D eigenvalue weighted by atomic mass is 16.7. The van der Waals surface area contributed by atoms with Crippen LogP contribution in [0.25, 0.3) is 0 Å². The van der Waals surface area contributed by atoms with Gasteiger partial charge in [0.2, 0.25) is 0 Å². The minimum atomic E-state index is -2.14. The summed E-state index contributed by atoms with van der Waals surface area (Å²) in [6.45, 7) is 2.51. The van der Waals surface area contributed by atoms with E-state index in [1.54, 1.807) is 0 Å². The lowest BCUT2D eigenvalue weighted by molar-refractivity contribution is -0.165. The number of carbonyl (C=O) groups excluding carboxylic acids is 1. The molecule has 0 rings (SSSR count). The molecule has 0 aliphatic heterocycles. The van der Waals surface area contributed by atoms with Gasteiger partial charge in [-0.3, -0.25) is 0 Å². The second-order valence-corrected chi connectivity index (χ2v) is 3.65. The van der Waals surface area contributed by atoms with Gasteiger partial charge in [0.05, 0.1) is 6.10 Å². The van der Waals surface area contributed by atoms with Crippen molar-refractivity contribution in [3.63, 3.8) is 0 Å². The molecule has 4 N–H and O–H groups in total. The fourth-order valence-corrected chi connectivity index (χ4v) is 1.37. The number of aliphatic hydroxyl groups is 3. The van der Waals surface area contributed by atoms with E-state index >= 15 is 0 Å². The Morgan fingerprint density at radius 3 is 2.25 bits per heavy atom. The van der Waals surface area contributed by atoms with Gasteiger partial charge in [-0.05, 0) is 13.8 Å². The van der Waals surface area contributed by atoms with Crippen molar-refractivity contribution >= 4 is 12.4 Å². The zero-order valence-electron chi connectivity index (χ0n) is 9.03. The third kappa shape index (κ3) is 3.76. The van der Waals surface area contributed by atoms with E-state index in [1.165, 1.54) is 13.8 Å². The molecule has 0 bridgehead atoms. The van der Waals surface area contributed by atoms with Crippen LogP contribution in [0.5, 0.6) is 0 Å². The summed E-state index contributed by atoms with van der Waals surface area (Å²) >= 11 is 0. The number of aldehydes is 1. The van der Waals surface area contributed by atoms with Gasteiger partial charge in [0, 0.05) is 6.42 Å². The summed E-state index contributed by atoms with van der Waals surface area (Å²) in [6, 6.07) is 0. The lowest BCUT2D eigenvalue weighted by Gasteiger charge is -2.35. The Labute approximate surface area is 92.3 Å². The number of rotatable bonds is 6. The maximum atomic E-state index is 10.4. The van der Waals surface area contributed by atoms with Gasteiger partial charge < -0.3 is 30.0 Å². The van der Waals surface area contributed by atoms with Crippen LogP contribution in [0, 0.1) is 0 Å². The van der Waals surface area contributed by atoms with Crippen molar-refractivity contribution in [2.24, 2.45) is 0 Å². The molecular formula is C9H16O7. The van der Waals surface area contributed by atoms with Gasteiger partial charge in [-0.15, -0.1) is 0 Å². The summed E-state index contributed by atoms with van der Waals surface area (Å²) < 4.78 is 4.28. The minimum absolute atomic E-state index is 0.0596. The van der Waals surface area contributed by atoms with Gasteiger partial charge in [-0.2, -0.15) is 0 Å². The topological polar surface area (TPSA) is 124 Å². The number of hydrogen-bond acceptors (Lipinski definition) is 6. The zero-order chi connectivity index (χ0) is 12.9. The summed E-state index contributed by atoms with van der Waals surface area (Å²) in [7, 11) is 0. The molecule has 94 valence electrons. The maximum Gasteiger partial charge on any atom is 0.506 e. The van der Waals surface area contributed by atoms with E-state index in [2.05, 4.69) is 4.74 Å². The molecule has 16 heavy (non-hydrogen) atoms. The van der Waals surface area contributed by atoms with Gasteiger partial charge >= 0.3 is 6.16 Å². The van der Waals surface area contributed by atoms with Crippen molar-refractivity contribution in [3.8, 4) is 0 Å². The molecular weight excluding hydrogens is 220 g/mol. The van der Waals surface area contributed by atoms with E-state index in [9.17, 15) is 19.8 Å². The number of hydrogen-bond donors (Lipinski definition) is 4. The molecule has 0 spiro atoms. The van der Waals surface area contributed by atoms with Crippen LogP contribution < -0.4 is 0 Å². The second-order valence-electron chi connectivity index (χ2n) is 3.65. The fourth-order valence-electron chi connectivity index (χ4n) is 1.37. The third-order valence-corrected chi connectivity index (χ3v) is 2.25. The third-order valence-electron chi connectivity index (χ3n) is 2.25. The van der Waals surface area contributed by atoms with Gasteiger partial charge in [-0.1, -0.05) is 0 Å². The lowest BCUT2D eigenvalue weighted by atomic mass is 9.86. The smallest absolute Gasteiger partial charge is 0.450 e. The van der Waals surface area contributed by atoms with Gasteiger partial charge in [0.1, 0.15) is 17.8 Å². The van der Waals surface area contributed by atoms with Crippen LogP contribution in [0.3, 0.4) is 0 Å². The Bertz CT molecular complexity index is 252. The summed E-state index contributed by atoms with van der Waals surface area (Å²) in [5.74, 6) is 0. The van der Waals surface area contributed by atoms with Crippen LogP contribution in [0.15, 0.2) is 0 Å². The Kier molecular flexibility index (Phi) is 5.36. The van der Waals surface area contributed by atoms with Crippen LogP contribution in [0.1, 0.15) is 20.3 Å². The number of carbonyl (C=O) groups is 2. The zero-order valence-corrected chi connectivity index (χ0v) is 9.03. The SMILES string of the molecule is CC(OC(=O)O)[C@@](O)(C[C@@H](C)O)[C@@H](O)C=O. The monoisotopic (exact) mass is 236 g/mol. The first-order chi connectivity index (χ1) is 7.24. The Hall–Kier alpha value is -1.18. The van der Waals surface area contributed by atoms with Crippen LogP contribution in [-0.2, 0) is 9.53 Å². The molecule has 7 nitrogen and oxygen atoms in total. The minimum Gasteiger partial charge on any atom is -0.450 e. The Balaban J connectivity index is 4.89. The summed E-state index contributed by atoms with van der Waals surface area (Å²) in [6.07, 6.45) is -6.18. The van der Waals surface area contributed by atoms with Crippen LogP contribution >= 0.6 is 0 Å². The predicted octanol–water partition coefficient (Wildman–Crippen LogP) is -0.869. The Morgan fingerprint density at radius 2 is 1.94 bits per heavy atom. The number of aliphatic hydroxyl groups excluding tert-OH is 2.